The Morgan fingerprint density at radius 3 is 2.59 bits per heavy atom. The van der Waals surface area contributed by atoms with Crippen LogP contribution in [-0.2, 0) is 13.0 Å². The third-order valence-corrected chi connectivity index (χ3v) is 2.79. The van der Waals surface area contributed by atoms with Crippen LogP contribution in [-0.4, -0.2) is 10.1 Å². The molecular formula is C13H13ClN2O. The Morgan fingerprint density at radius 2 is 1.94 bits per heavy atom. The number of aromatic nitrogens is 1. The van der Waals surface area contributed by atoms with Crippen molar-refractivity contribution in [3.63, 3.8) is 0 Å². The zero-order valence-corrected chi connectivity index (χ0v) is 9.98. The molecule has 3 N–H and O–H groups in total. The normalized spacial score (nSPS) is 10.5. The molecule has 0 aliphatic carbocycles. The van der Waals surface area contributed by atoms with E-state index in [1.807, 2.05) is 30.3 Å². The van der Waals surface area contributed by atoms with E-state index in [-0.39, 0.29) is 5.75 Å². The maximum atomic E-state index is 9.48. The second kappa shape index (κ2) is 5.17. The third-order valence-electron chi connectivity index (χ3n) is 2.54. The molecular weight excluding hydrogens is 236 g/mol. The van der Waals surface area contributed by atoms with Crippen LogP contribution in [0.4, 0.5) is 0 Å². The number of halogens is 1. The number of hydrogen-bond acceptors (Lipinski definition) is 3. The van der Waals surface area contributed by atoms with Crippen LogP contribution < -0.4 is 5.73 Å². The predicted octanol–water partition coefficient (Wildman–Crippen LogP) is 2.49. The molecule has 1 aromatic carbocycles. The number of aromatic hydroxyl groups is 1. The van der Waals surface area contributed by atoms with Crippen molar-refractivity contribution in [1.82, 2.24) is 4.98 Å². The maximum absolute atomic E-state index is 9.48. The largest absolute Gasteiger partial charge is 0.506 e. The van der Waals surface area contributed by atoms with Crippen molar-refractivity contribution >= 4 is 11.6 Å². The molecule has 3 nitrogen and oxygen atoms in total. The van der Waals surface area contributed by atoms with Gasteiger partial charge in [-0.2, -0.15) is 0 Å². The van der Waals surface area contributed by atoms with E-state index in [1.54, 1.807) is 0 Å². The minimum Gasteiger partial charge on any atom is -0.506 e. The fraction of sp³-hybridized carbons (Fsp3) is 0.154. The zero-order valence-electron chi connectivity index (χ0n) is 9.23. The van der Waals surface area contributed by atoms with Crippen LogP contribution in [0.2, 0.25) is 5.02 Å². The van der Waals surface area contributed by atoms with E-state index >= 15 is 0 Å². The van der Waals surface area contributed by atoms with E-state index in [4.69, 9.17) is 17.3 Å². The summed E-state index contributed by atoms with van der Waals surface area (Å²) in [5.74, 6) is 0.146. The lowest BCUT2D eigenvalue weighted by Crippen LogP contribution is -2.00. The van der Waals surface area contributed by atoms with Crippen molar-refractivity contribution < 1.29 is 5.11 Å². The zero-order chi connectivity index (χ0) is 12.3. The van der Waals surface area contributed by atoms with Gasteiger partial charge in [-0.15, -0.1) is 0 Å². The molecule has 0 spiro atoms. The topological polar surface area (TPSA) is 59.1 Å². The van der Waals surface area contributed by atoms with Crippen LogP contribution in [0.1, 0.15) is 16.8 Å². The molecule has 0 radical (unpaired) electrons. The fourth-order valence-electron chi connectivity index (χ4n) is 1.61. The highest BCUT2D eigenvalue weighted by Gasteiger charge is 2.03. The SMILES string of the molecule is NCc1cc(Cc2ccc(Cl)cc2)ncc1O. The summed E-state index contributed by atoms with van der Waals surface area (Å²) in [6.07, 6.45) is 2.14. The monoisotopic (exact) mass is 248 g/mol. The van der Waals surface area contributed by atoms with Gasteiger partial charge >= 0.3 is 0 Å². The van der Waals surface area contributed by atoms with Crippen LogP contribution in [0.25, 0.3) is 0 Å². The van der Waals surface area contributed by atoms with Gasteiger partial charge in [-0.05, 0) is 23.8 Å². The number of rotatable bonds is 3. The molecule has 0 saturated carbocycles. The molecule has 0 saturated heterocycles. The smallest absolute Gasteiger partial charge is 0.138 e. The van der Waals surface area contributed by atoms with Gasteiger partial charge in [-0.25, -0.2) is 0 Å². The van der Waals surface area contributed by atoms with Gasteiger partial charge in [0.25, 0.3) is 0 Å². The van der Waals surface area contributed by atoms with E-state index in [9.17, 15) is 5.11 Å². The van der Waals surface area contributed by atoms with Crippen molar-refractivity contribution in [3.8, 4) is 5.75 Å². The molecule has 0 bridgehead atoms. The van der Waals surface area contributed by atoms with Crippen LogP contribution in [0.3, 0.4) is 0 Å². The van der Waals surface area contributed by atoms with Gasteiger partial charge in [0.1, 0.15) is 5.75 Å². The molecule has 0 amide bonds. The fourth-order valence-corrected chi connectivity index (χ4v) is 1.74. The van der Waals surface area contributed by atoms with Crippen LogP contribution in [0.15, 0.2) is 36.5 Å². The molecule has 0 fully saturated rings. The molecule has 0 unspecified atom stereocenters. The number of nitrogens with two attached hydrogens (primary N) is 1. The van der Waals surface area contributed by atoms with Crippen molar-refractivity contribution in [2.45, 2.75) is 13.0 Å². The molecule has 88 valence electrons. The highest BCUT2D eigenvalue weighted by Crippen LogP contribution is 2.18. The van der Waals surface area contributed by atoms with Gasteiger partial charge in [-0.1, -0.05) is 23.7 Å². The van der Waals surface area contributed by atoms with Crippen LogP contribution in [0.5, 0.6) is 5.75 Å². The first-order chi connectivity index (χ1) is 8.19. The quantitative estimate of drug-likeness (QED) is 0.877. The standard InChI is InChI=1S/C13H13ClN2O/c14-11-3-1-9(2-4-11)5-12-6-10(7-15)13(17)8-16-12/h1-4,6,8,17H,5,7,15H2. The molecule has 4 heteroatoms. The molecule has 2 rings (SSSR count). The van der Waals surface area contributed by atoms with Gasteiger partial charge in [0.05, 0.1) is 6.20 Å². The van der Waals surface area contributed by atoms with Crippen LogP contribution >= 0.6 is 11.6 Å². The second-order valence-corrected chi connectivity index (χ2v) is 4.25. The van der Waals surface area contributed by atoms with Gasteiger partial charge in [0.2, 0.25) is 0 Å². The van der Waals surface area contributed by atoms with Gasteiger partial charge in [0.15, 0.2) is 0 Å². The minimum absolute atomic E-state index is 0.146. The van der Waals surface area contributed by atoms with E-state index in [0.29, 0.717) is 18.5 Å². The molecule has 0 aliphatic rings. The van der Waals surface area contributed by atoms with E-state index in [2.05, 4.69) is 4.98 Å². The van der Waals surface area contributed by atoms with Gasteiger partial charge in [0, 0.05) is 29.2 Å². The van der Waals surface area contributed by atoms with E-state index < -0.39 is 0 Å². The number of pyridine rings is 1. The molecule has 1 heterocycles. The highest BCUT2D eigenvalue weighted by atomic mass is 35.5. The number of benzene rings is 1. The first kappa shape index (κ1) is 11.9. The van der Waals surface area contributed by atoms with Crippen molar-refractivity contribution in [1.29, 1.82) is 0 Å². The van der Waals surface area contributed by atoms with Crippen molar-refractivity contribution in [2.75, 3.05) is 0 Å². The average Bonchev–Trinajstić information content (AvgIpc) is 2.34. The Bertz CT molecular complexity index is 511. The second-order valence-electron chi connectivity index (χ2n) is 3.81. The first-order valence-electron chi connectivity index (χ1n) is 5.30. The molecule has 0 aliphatic heterocycles. The number of hydrogen-bond donors (Lipinski definition) is 2. The van der Waals surface area contributed by atoms with Crippen LogP contribution in [0, 0.1) is 0 Å². The Hall–Kier alpha value is -1.58. The summed E-state index contributed by atoms with van der Waals surface area (Å²) >= 11 is 5.82. The summed E-state index contributed by atoms with van der Waals surface area (Å²) in [5, 5.41) is 10.2. The first-order valence-corrected chi connectivity index (χ1v) is 5.68. The Morgan fingerprint density at radius 1 is 1.24 bits per heavy atom. The van der Waals surface area contributed by atoms with E-state index in [1.165, 1.54) is 6.20 Å². The lowest BCUT2D eigenvalue weighted by molar-refractivity contribution is 0.465. The maximum Gasteiger partial charge on any atom is 0.138 e. The van der Waals surface area contributed by atoms with Gasteiger partial charge in [-0.3, -0.25) is 4.98 Å². The summed E-state index contributed by atoms with van der Waals surface area (Å²) in [4.78, 5) is 4.17. The summed E-state index contributed by atoms with van der Waals surface area (Å²) in [6.45, 7) is 0.308. The molecule has 1 aromatic heterocycles. The third kappa shape index (κ3) is 2.96. The summed E-state index contributed by atoms with van der Waals surface area (Å²) in [6, 6.07) is 9.43. The van der Waals surface area contributed by atoms with Gasteiger partial charge < -0.3 is 10.8 Å². The minimum atomic E-state index is 0.146. The van der Waals surface area contributed by atoms with E-state index in [0.717, 1.165) is 16.3 Å². The summed E-state index contributed by atoms with van der Waals surface area (Å²) in [7, 11) is 0. The lowest BCUT2D eigenvalue weighted by atomic mass is 10.1. The Labute approximate surface area is 105 Å². The van der Waals surface area contributed by atoms with Crippen molar-refractivity contribution in [3.05, 3.63) is 58.4 Å². The summed E-state index contributed by atoms with van der Waals surface area (Å²) in [5.41, 5.74) is 8.24. The Balaban J connectivity index is 2.21. The van der Waals surface area contributed by atoms with Crippen molar-refractivity contribution in [2.24, 2.45) is 5.73 Å². The molecule has 2 aromatic rings. The predicted molar refractivity (Wildman–Crippen MR) is 68.1 cm³/mol. The summed E-state index contributed by atoms with van der Waals surface area (Å²) < 4.78 is 0. The highest BCUT2D eigenvalue weighted by molar-refractivity contribution is 6.30. The molecule has 17 heavy (non-hydrogen) atoms. The number of nitrogens with zero attached hydrogens (tertiary/aromatic N) is 1. The Kier molecular flexibility index (Phi) is 3.61. The molecule has 0 atom stereocenters. The lowest BCUT2D eigenvalue weighted by Gasteiger charge is -2.05. The average molecular weight is 249 g/mol.